The van der Waals surface area contributed by atoms with Gasteiger partial charge in [0.05, 0.1) is 0 Å². The van der Waals surface area contributed by atoms with Gasteiger partial charge >= 0.3 is 0 Å². The third kappa shape index (κ3) is 1.63. The van der Waals surface area contributed by atoms with E-state index in [9.17, 15) is 0 Å². The van der Waals surface area contributed by atoms with Crippen LogP contribution in [0, 0.1) is 13.8 Å². The standard InChI is InChI=1S/C17H13BrS2/c1-10-3-4-14-12(7-10)13-8-11(2)9-15(18)16(13)17(14)19-5-6-20-17/h3-9H,1-2H3. The molecule has 20 heavy (non-hydrogen) atoms. The van der Waals surface area contributed by atoms with Gasteiger partial charge in [-0.05, 0) is 53.0 Å². The fourth-order valence-electron chi connectivity index (χ4n) is 3.11. The number of aryl methyl sites for hydroxylation is 2. The first kappa shape index (κ1) is 13.1. The largest absolute Gasteiger partial charge is 0.121 e. The van der Waals surface area contributed by atoms with Gasteiger partial charge in [-0.3, -0.25) is 0 Å². The molecule has 1 aliphatic heterocycles. The molecule has 0 fully saturated rings. The highest BCUT2D eigenvalue weighted by Gasteiger charge is 2.46. The van der Waals surface area contributed by atoms with Gasteiger partial charge in [-0.25, -0.2) is 0 Å². The first-order valence-electron chi connectivity index (χ1n) is 6.54. The number of hydrogen-bond donors (Lipinski definition) is 0. The van der Waals surface area contributed by atoms with Gasteiger partial charge in [0.25, 0.3) is 0 Å². The van der Waals surface area contributed by atoms with Crippen LogP contribution >= 0.6 is 39.5 Å². The number of hydrogen-bond acceptors (Lipinski definition) is 2. The molecule has 0 amide bonds. The monoisotopic (exact) mass is 360 g/mol. The van der Waals surface area contributed by atoms with Crippen molar-refractivity contribution in [2.45, 2.75) is 17.9 Å². The van der Waals surface area contributed by atoms with Crippen molar-refractivity contribution in [1.29, 1.82) is 0 Å². The Kier molecular flexibility index (Phi) is 2.89. The molecule has 3 heteroatoms. The Balaban J connectivity index is 2.12. The SMILES string of the molecule is Cc1ccc2c(c1)-c1cc(C)cc(Br)c1C21SC=CS1. The minimum atomic E-state index is 0.00486. The average Bonchev–Trinajstić information content (AvgIpc) is 2.96. The van der Waals surface area contributed by atoms with Crippen molar-refractivity contribution < 1.29 is 0 Å². The van der Waals surface area contributed by atoms with Gasteiger partial charge < -0.3 is 0 Å². The van der Waals surface area contributed by atoms with Gasteiger partial charge in [0.2, 0.25) is 0 Å². The van der Waals surface area contributed by atoms with Gasteiger partial charge in [0, 0.05) is 10.0 Å². The Morgan fingerprint density at radius 1 is 0.900 bits per heavy atom. The lowest BCUT2D eigenvalue weighted by atomic mass is 10.0. The lowest BCUT2D eigenvalue weighted by molar-refractivity contribution is 1.12. The summed E-state index contributed by atoms with van der Waals surface area (Å²) in [6.45, 7) is 4.33. The number of benzene rings is 2. The molecule has 0 saturated carbocycles. The second kappa shape index (κ2) is 4.43. The van der Waals surface area contributed by atoms with Gasteiger partial charge in [-0.1, -0.05) is 45.8 Å². The molecule has 2 aliphatic rings. The molecule has 0 aromatic heterocycles. The lowest BCUT2D eigenvalue weighted by Gasteiger charge is -2.25. The van der Waals surface area contributed by atoms with Gasteiger partial charge in [-0.2, -0.15) is 0 Å². The summed E-state index contributed by atoms with van der Waals surface area (Å²) in [5.74, 6) is 0. The lowest BCUT2D eigenvalue weighted by Crippen LogP contribution is -2.13. The minimum Gasteiger partial charge on any atom is -0.106 e. The molecule has 2 aromatic rings. The number of rotatable bonds is 0. The zero-order valence-corrected chi connectivity index (χ0v) is 14.5. The van der Waals surface area contributed by atoms with E-state index >= 15 is 0 Å². The van der Waals surface area contributed by atoms with E-state index in [1.165, 1.54) is 37.9 Å². The Morgan fingerprint density at radius 2 is 1.60 bits per heavy atom. The van der Waals surface area contributed by atoms with Crippen molar-refractivity contribution in [2.75, 3.05) is 0 Å². The summed E-state index contributed by atoms with van der Waals surface area (Å²) in [7, 11) is 0. The third-order valence-electron chi connectivity index (χ3n) is 3.91. The van der Waals surface area contributed by atoms with Crippen molar-refractivity contribution in [3.63, 3.8) is 0 Å². The Hall–Kier alpha value is -0.640. The predicted octanol–water partition coefficient (Wildman–Crippen LogP) is 6.20. The number of thioether (sulfide) groups is 2. The van der Waals surface area contributed by atoms with Crippen LogP contribution in [-0.2, 0) is 4.08 Å². The highest BCUT2D eigenvalue weighted by Crippen LogP contribution is 2.66. The fourth-order valence-corrected chi connectivity index (χ4v) is 6.91. The van der Waals surface area contributed by atoms with Crippen LogP contribution in [0.3, 0.4) is 0 Å². The van der Waals surface area contributed by atoms with E-state index in [4.69, 9.17) is 0 Å². The molecule has 0 unspecified atom stereocenters. The molecule has 1 spiro atoms. The molecule has 1 aliphatic carbocycles. The maximum absolute atomic E-state index is 3.81. The van der Waals surface area contributed by atoms with Crippen LogP contribution in [0.25, 0.3) is 11.1 Å². The summed E-state index contributed by atoms with van der Waals surface area (Å²) in [6.07, 6.45) is 0. The molecule has 1 heterocycles. The van der Waals surface area contributed by atoms with Crippen LogP contribution in [0.4, 0.5) is 0 Å². The zero-order chi connectivity index (χ0) is 13.9. The van der Waals surface area contributed by atoms with E-state index < -0.39 is 0 Å². The average molecular weight is 361 g/mol. The van der Waals surface area contributed by atoms with Crippen LogP contribution in [0.1, 0.15) is 22.3 Å². The summed E-state index contributed by atoms with van der Waals surface area (Å²) in [4.78, 5) is 0. The minimum absolute atomic E-state index is 0.00486. The molecule has 0 nitrogen and oxygen atoms in total. The number of halogens is 1. The van der Waals surface area contributed by atoms with Crippen LogP contribution in [-0.4, -0.2) is 0 Å². The molecule has 2 aromatic carbocycles. The zero-order valence-electron chi connectivity index (χ0n) is 11.2. The quantitative estimate of drug-likeness (QED) is 0.548. The summed E-state index contributed by atoms with van der Waals surface area (Å²) >= 11 is 7.64. The highest BCUT2D eigenvalue weighted by molar-refractivity contribution is 9.10. The first-order valence-corrected chi connectivity index (χ1v) is 9.10. The number of fused-ring (bicyclic) bond motifs is 5. The topological polar surface area (TPSA) is 0 Å². The summed E-state index contributed by atoms with van der Waals surface area (Å²) in [5.41, 5.74) is 8.27. The molecule has 0 saturated heterocycles. The van der Waals surface area contributed by atoms with Gasteiger partial charge in [0.15, 0.2) is 0 Å². The predicted molar refractivity (Wildman–Crippen MR) is 94.2 cm³/mol. The molecule has 0 radical (unpaired) electrons. The highest BCUT2D eigenvalue weighted by atomic mass is 79.9. The maximum Gasteiger partial charge on any atom is 0.121 e. The third-order valence-corrected chi connectivity index (χ3v) is 7.34. The molecule has 100 valence electrons. The van der Waals surface area contributed by atoms with E-state index in [0.29, 0.717) is 0 Å². The van der Waals surface area contributed by atoms with E-state index in [0.717, 1.165) is 0 Å². The van der Waals surface area contributed by atoms with Crippen molar-refractivity contribution in [1.82, 2.24) is 0 Å². The molecule has 0 N–H and O–H groups in total. The van der Waals surface area contributed by atoms with Crippen LogP contribution in [0.2, 0.25) is 0 Å². The van der Waals surface area contributed by atoms with E-state index in [2.05, 4.69) is 70.9 Å². The molecule has 0 atom stereocenters. The molecular weight excluding hydrogens is 348 g/mol. The van der Waals surface area contributed by atoms with Crippen molar-refractivity contribution in [2.24, 2.45) is 0 Å². The fraction of sp³-hybridized carbons (Fsp3) is 0.176. The van der Waals surface area contributed by atoms with Crippen LogP contribution in [0.5, 0.6) is 0 Å². The van der Waals surface area contributed by atoms with E-state index in [-0.39, 0.29) is 4.08 Å². The normalized spacial score (nSPS) is 17.6. The van der Waals surface area contributed by atoms with Gasteiger partial charge in [0.1, 0.15) is 4.08 Å². The van der Waals surface area contributed by atoms with Gasteiger partial charge in [-0.15, -0.1) is 23.5 Å². The smallest absolute Gasteiger partial charge is 0.106 e. The summed E-state index contributed by atoms with van der Waals surface area (Å²) in [6, 6.07) is 11.4. The molecule has 4 rings (SSSR count). The summed E-state index contributed by atoms with van der Waals surface area (Å²) in [5, 5.41) is 4.44. The maximum atomic E-state index is 3.81. The molecular formula is C17H13BrS2. The molecule has 0 bridgehead atoms. The second-order valence-electron chi connectivity index (χ2n) is 5.34. The van der Waals surface area contributed by atoms with Crippen molar-refractivity contribution in [3.8, 4) is 11.1 Å². The Bertz CT molecular complexity index is 754. The van der Waals surface area contributed by atoms with E-state index in [1.54, 1.807) is 0 Å². The van der Waals surface area contributed by atoms with Crippen LogP contribution in [0.15, 0.2) is 45.6 Å². The Labute approximate surface area is 136 Å². The van der Waals surface area contributed by atoms with Crippen LogP contribution < -0.4 is 0 Å². The van der Waals surface area contributed by atoms with E-state index in [1.807, 2.05) is 23.5 Å². The first-order chi connectivity index (χ1) is 9.62. The second-order valence-corrected chi connectivity index (χ2v) is 8.70. The van der Waals surface area contributed by atoms with Crippen molar-refractivity contribution in [3.05, 3.63) is 67.9 Å². The van der Waals surface area contributed by atoms with Crippen molar-refractivity contribution >= 4 is 39.5 Å². The summed E-state index contributed by atoms with van der Waals surface area (Å²) < 4.78 is 1.23. The Morgan fingerprint density at radius 3 is 2.35 bits per heavy atom.